The third-order valence-electron chi connectivity index (χ3n) is 2.96. The maximum atomic E-state index is 11.8. The minimum absolute atomic E-state index is 0.318. The summed E-state index contributed by atoms with van der Waals surface area (Å²) in [6, 6.07) is 14.9. The first-order chi connectivity index (χ1) is 9.63. The largest absolute Gasteiger partial charge is 0.462 e. The first-order valence-corrected chi connectivity index (χ1v) is 6.76. The van der Waals surface area contributed by atoms with Crippen LogP contribution in [-0.2, 0) is 4.74 Å². The van der Waals surface area contributed by atoms with Gasteiger partial charge in [-0.15, -0.1) is 0 Å². The summed E-state index contributed by atoms with van der Waals surface area (Å²) in [5.41, 5.74) is 2.29. The maximum absolute atomic E-state index is 11.8. The summed E-state index contributed by atoms with van der Waals surface area (Å²) in [5.74, 6) is -0.318. The van der Waals surface area contributed by atoms with Gasteiger partial charge in [0.25, 0.3) is 0 Å². The molecule has 0 amide bonds. The van der Waals surface area contributed by atoms with E-state index in [-0.39, 0.29) is 5.97 Å². The lowest BCUT2D eigenvalue weighted by Gasteiger charge is -2.21. The monoisotopic (exact) mass is 289 g/mol. The molecule has 0 N–H and O–H groups in total. The van der Waals surface area contributed by atoms with Crippen molar-refractivity contribution < 1.29 is 9.53 Å². The number of para-hydroxylation sites is 1. The van der Waals surface area contributed by atoms with Gasteiger partial charge >= 0.3 is 5.97 Å². The Morgan fingerprint density at radius 2 is 1.95 bits per heavy atom. The fourth-order valence-electron chi connectivity index (χ4n) is 1.92. The first kappa shape index (κ1) is 14.4. The average molecular weight is 290 g/mol. The number of hydrogen-bond donors (Lipinski definition) is 0. The van der Waals surface area contributed by atoms with Gasteiger partial charge in [0, 0.05) is 12.7 Å². The minimum atomic E-state index is -0.318. The first-order valence-electron chi connectivity index (χ1n) is 6.39. The van der Waals surface area contributed by atoms with Crippen LogP contribution in [0.3, 0.4) is 0 Å². The van der Waals surface area contributed by atoms with Crippen molar-refractivity contribution in [3.05, 3.63) is 59.1 Å². The number of esters is 1. The average Bonchev–Trinajstić information content (AvgIpc) is 2.47. The number of hydrogen-bond acceptors (Lipinski definition) is 3. The van der Waals surface area contributed by atoms with Crippen LogP contribution < -0.4 is 4.90 Å². The number of halogens is 1. The summed E-state index contributed by atoms with van der Waals surface area (Å²) in [7, 11) is 1.91. The van der Waals surface area contributed by atoms with Crippen molar-refractivity contribution in [2.45, 2.75) is 6.92 Å². The number of ether oxygens (including phenoxy) is 1. The SMILES string of the molecule is CCOC(=O)c1cccc(N(C)c2ccccc2Cl)c1. The van der Waals surface area contributed by atoms with Gasteiger partial charge in [-0.25, -0.2) is 4.79 Å². The van der Waals surface area contributed by atoms with E-state index in [9.17, 15) is 4.79 Å². The van der Waals surface area contributed by atoms with E-state index in [0.717, 1.165) is 11.4 Å². The van der Waals surface area contributed by atoms with Gasteiger partial charge in [-0.1, -0.05) is 29.8 Å². The highest BCUT2D eigenvalue weighted by atomic mass is 35.5. The molecule has 0 radical (unpaired) electrons. The molecule has 0 aromatic heterocycles. The number of benzene rings is 2. The van der Waals surface area contributed by atoms with Crippen LogP contribution in [0.2, 0.25) is 5.02 Å². The topological polar surface area (TPSA) is 29.5 Å². The molecule has 0 heterocycles. The van der Waals surface area contributed by atoms with Crippen molar-refractivity contribution in [3.8, 4) is 0 Å². The summed E-state index contributed by atoms with van der Waals surface area (Å²) < 4.78 is 5.01. The van der Waals surface area contributed by atoms with Crippen LogP contribution in [0.1, 0.15) is 17.3 Å². The zero-order chi connectivity index (χ0) is 14.5. The molecule has 2 aromatic carbocycles. The van der Waals surface area contributed by atoms with Crippen molar-refractivity contribution in [1.29, 1.82) is 0 Å². The summed E-state index contributed by atoms with van der Waals surface area (Å²) >= 11 is 6.19. The number of carbonyl (C=O) groups excluding carboxylic acids is 1. The highest BCUT2D eigenvalue weighted by Gasteiger charge is 2.11. The van der Waals surface area contributed by atoms with Crippen LogP contribution in [0.15, 0.2) is 48.5 Å². The standard InChI is InChI=1S/C16H16ClNO2/c1-3-20-16(19)12-7-6-8-13(11-12)18(2)15-10-5-4-9-14(15)17/h4-11H,3H2,1-2H3. The molecule has 0 fully saturated rings. The Morgan fingerprint density at radius 3 is 2.65 bits per heavy atom. The fraction of sp³-hybridized carbons (Fsp3) is 0.188. The summed E-state index contributed by atoms with van der Waals surface area (Å²) in [6.45, 7) is 2.15. The van der Waals surface area contributed by atoms with E-state index >= 15 is 0 Å². The summed E-state index contributed by atoms with van der Waals surface area (Å²) in [6.07, 6.45) is 0. The van der Waals surface area contributed by atoms with E-state index in [4.69, 9.17) is 16.3 Å². The maximum Gasteiger partial charge on any atom is 0.338 e. The lowest BCUT2D eigenvalue weighted by atomic mass is 10.2. The van der Waals surface area contributed by atoms with Crippen molar-refractivity contribution in [2.75, 3.05) is 18.6 Å². The molecular formula is C16H16ClNO2. The molecule has 0 atom stereocenters. The Morgan fingerprint density at radius 1 is 1.20 bits per heavy atom. The van der Waals surface area contributed by atoms with E-state index in [2.05, 4.69) is 0 Å². The predicted molar refractivity (Wildman–Crippen MR) is 81.9 cm³/mol. The molecule has 2 aromatic rings. The third kappa shape index (κ3) is 3.11. The lowest BCUT2D eigenvalue weighted by molar-refractivity contribution is 0.0526. The molecule has 3 nitrogen and oxygen atoms in total. The van der Waals surface area contributed by atoms with Crippen LogP contribution in [0, 0.1) is 0 Å². The normalized spacial score (nSPS) is 10.2. The Bertz CT molecular complexity index is 613. The quantitative estimate of drug-likeness (QED) is 0.787. The zero-order valence-electron chi connectivity index (χ0n) is 11.5. The molecule has 2 rings (SSSR count). The Hall–Kier alpha value is -2.00. The highest BCUT2D eigenvalue weighted by Crippen LogP contribution is 2.30. The number of rotatable bonds is 4. The molecule has 0 aliphatic carbocycles. The van der Waals surface area contributed by atoms with Crippen LogP contribution in [0.25, 0.3) is 0 Å². The van der Waals surface area contributed by atoms with Crippen LogP contribution in [-0.4, -0.2) is 19.6 Å². The second-order valence-corrected chi connectivity index (χ2v) is 4.69. The predicted octanol–water partition coefficient (Wildman–Crippen LogP) is 4.28. The third-order valence-corrected chi connectivity index (χ3v) is 3.28. The summed E-state index contributed by atoms with van der Waals surface area (Å²) in [5, 5.41) is 0.663. The van der Waals surface area contributed by atoms with E-state index < -0.39 is 0 Å². The molecule has 0 saturated carbocycles. The van der Waals surface area contributed by atoms with Crippen molar-refractivity contribution in [1.82, 2.24) is 0 Å². The van der Waals surface area contributed by atoms with Gasteiger partial charge < -0.3 is 9.64 Å². The van der Waals surface area contributed by atoms with Crippen LogP contribution in [0.5, 0.6) is 0 Å². The van der Waals surface area contributed by atoms with Gasteiger partial charge in [-0.3, -0.25) is 0 Å². The summed E-state index contributed by atoms with van der Waals surface area (Å²) in [4.78, 5) is 13.7. The lowest BCUT2D eigenvalue weighted by Crippen LogP contribution is -2.11. The van der Waals surface area contributed by atoms with Crippen molar-refractivity contribution >= 4 is 28.9 Å². The molecule has 20 heavy (non-hydrogen) atoms. The Kier molecular flexibility index (Phi) is 4.64. The molecule has 0 bridgehead atoms. The zero-order valence-corrected chi connectivity index (χ0v) is 12.2. The molecule has 0 saturated heterocycles. The van der Waals surface area contributed by atoms with Crippen molar-refractivity contribution in [3.63, 3.8) is 0 Å². The second kappa shape index (κ2) is 6.44. The van der Waals surface area contributed by atoms with Gasteiger partial charge in [0.2, 0.25) is 0 Å². The number of anilines is 2. The molecule has 4 heteroatoms. The number of carbonyl (C=O) groups is 1. The molecular weight excluding hydrogens is 274 g/mol. The second-order valence-electron chi connectivity index (χ2n) is 4.28. The molecule has 0 spiro atoms. The molecule has 0 unspecified atom stereocenters. The van der Waals surface area contributed by atoms with Gasteiger partial charge in [0.1, 0.15) is 0 Å². The van der Waals surface area contributed by atoms with Gasteiger partial charge in [0.05, 0.1) is 22.9 Å². The van der Waals surface area contributed by atoms with E-state index in [0.29, 0.717) is 17.2 Å². The van der Waals surface area contributed by atoms with Gasteiger partial charge in [-0.05, 0) is 37.3 Å². The molecule has 0 aliphatic rings. The molecule has 0 aliphatic heterocycles. The molecule has 104 valence electrons. The minimum Gasteiger partial charge on any atom is -0.462 e. The van der Waals surface area contributed by atoms with Crippen LogP contribution >= 0.6 is 11.6 Å². The number of nitrogens with zero attached hydrogens (tertiary/aromatic N) is 1. The van der Waals surface area contributed by atoms with Crippen molar-refractivity contribution in [2.24, 2.45) is 0 Å². The Labute approximate surface area is 123 Å². The van der Waals surface area contributed by atoms with E-state index in [1.54, 1.807) is 19.1 Å². The van der Waals surface area contributed by atoms with E-state index in [1.807, 2.05) is 48.3 Å². The van der Waals surface area contributed by atoms with Gasteiger partial charge in [0.15, 0.2) is 0 Å². The van der Waals surface area contributed by atoms with Crippen LogP contribution in [0.4, 0.5) is 11.4 Å². The Balaban J connectivity index is 2.31. The van der Waals surface area contributed by atoms with E-state index in [1.165, 1.54) is 0 Å². The fourth-order valence-corrected chi connectivity index (χ4v) is 2.18. The smallest absolute Gasteiger partial charge is 0.338 e. The highest BCUT2D eigenvalue weighted by molar-refractivity contribution is 6.33. The van der Waals surface area contributed by atoms with Gasteiger partial charge in [-0.2, -0.15) is 0 Å².